The van der Waals surface area contributed by atoms with E-state index < -0.39 is 39.0 Å². The van der Waals surface area contributed by atoms with Crippen molar-refractivity contribution in [3.05, 3.63) is 53.5 Å². The molecular formula is C20H18F2N2O5S2. The van der Waals surface area contributed by atoms with Crippen molar-refractivity contribution in [3.63, 3.8) is 0 Å². The van der Waals surface area contributed by atoms with Gasteiger partial charge in [-0.1, -0.05) is 12.1 Å². The molecule has 3 rings (SSSR count). The van der Waals surface area contributed by atoms with Crippen molar-refractivity contribution in [1.82, 2.24) is 4.98 Å². The van der Waals surface area contributed by atoms with Crippen molar-refractivity contribution in [2.24, 2.45) is 0 Å². The monoisotopic (exact) mass is 468 g/mol. The first-order valence-electron chi connectivity index (χ1n) is 9.18. The van der Waals surface area contributed by atoms with Crippen LogP contribution in [0.25, 0.3) is 10.2 Å². The fraction of sp³-hybridized carbons (Fsp3) is 0.250. The lowest BCUT2D eigenvalue weighted by Crippen LogP contribution is -2.21. The molecule has 3 aromatic rings. The number of nitrogens with zero attached hydrogens (tertiary/aromatic N) is 1. The van der Waals surface area contributed by atoms with Gasteiger partial charge < -0.3 is 10.1 Å². The fourth-order valence-electron chi connectivity index (χ4n) is 2.66. The lowest BCUT2D eigenvalue weighted by atomic mass is 10.2. The van der Waals surface area contributed by atoms with E-state index >= 15 is 0 Å². The summed E-state index contributed by atoms with van der Waals surface area (Å²) >= 11 is 1.57. The second-order valence-electron chi connectivity index (χ2n) is 6.47. The van der Waals surface area contributed by atoms with Gasteiger partial charge in [0.1, 0.15) is 0 Å². The summed E-state index contributed by atoms with van der Waals surface area (Å²) in [6, 6.07) is 12.0. The predicted octanol–water partition coefficient (Wildman–Crippen LogP) is 3.80. The Kier molecular flexibility index (Phi) is 7.29. The minimum Gasteiger partial charge on any atom is -0.456 e. The topological polar surface area (TPSA) is 102 Å². The van der Waals surface area contributed by atoms with Crippen LogP contribution in [0.3, 0.4) is 0 Å². The summed E-state index contributed by atoms with van der Waals surface area (Å²) in [5.41, 5.74) is 1.10. The van der Waals surface area contributed by atoms with Crippen molar-refractivity contribution in [2.75, 3.05) is 11.9 Å². The van der Waals surface area contributed by atoms with Crippen LogP contribution >= 0.6 is 11.3 Å². The Morgan fingerprint density at radius 1 is 1.10 bits per heavy atom. The molecule has 164 valence electrons. The highest BCUT2D eigenvalue weighted by atomic mass is 32.2. The predicted molar refractivity (Wildman–Crippen MR) is 112 cm³/mol. The summed E-state index contributed by atoms with van der Waals surface area (Å²) in [7, 11) is -4.70. The smallest absolute Gasteiger partial charge is 0.341 e. The van der Waals surface area contributed by atoms with Crippen molar-refractivity contribution in [2.45, 2.75) is 29.9 Å². The average molecular weight is 469 g/mol. The normalized spacial score (nSPS) is 11.6. The van der Waals surface area contributed by atoms with E-state index in [9.17, 15) is 26.8 Å². The number of hydrogen-bond donors (Lipinski definition) is 1. The molecule has 0 aliphatic heterocycles. The molecule has 1 N–H and O–H groups in total. The quantitative estimate of drug-likeness (QED) is 0.479. The van der Waals surface area contributed by atoms with Crippen LogP contribution in [0, 0.1) is 0 Å². The van der Waals surface area contributed by atoms with Crippen LogP contribution < -0.4 is 5.32 Å². The second-order valence-corrected chi connectivity index (χ2v) is 9.50. The van der Waals surface area contributed by atoms with Crippen LogP contribution in [-0.4, -0.2) is 37.6 Å². The van der Waals surface area contributed by atoms with Crippen LogP contribution in [0.2, 0.25) is 0 Å². The Bertz CT molecular complexity index is 1140. The van der Waals surface area contributed by atoms with Gasteiger partial charge in [0.05, 0.1) is 20.1 Å². The number of halogens is 2. The van der Waals surface area contributed by atoms with Gasteiger partial charge in [-0.15, -0.1) is 11.3 Å². The van der Waals surface area contributed by atoms with E-state index in [0.717, 1.165) is 27.4 Å². The van der Waals surface area contributed by atoms with Gasteiger partial charge in [0.2, 0.25) is 9.84 Å². The average Bonchev–Trinajstić information content (AvgIpc) is 3.15. The molecule has 0 radical (unpaired) electrons. The SMILES string of the molecule is O=C(COC(=O)CCCc1nc2ccccc2s1)Nc1ccc(S(=O)(=O)C(F)F)cc1. The lowest BCUT2D eigenvalue weighted by Gasteiger charge is -2.08. The number of rotatable bonds is 9. The second kappa shape index (κ2) is 9.92. The summed E-state index contributed by atoms with van der Waals surface area (Å²) in [6.07, 6.45) is 1.28. The number of anilines is 1. The van der Waals surface area contributed by atoms with Gasteiger partial charge in [0.25, 0.3) is 5.91 Å². The molecule has 0 aliphatic carbocycles. The zero-order chi connectivity index (χ0) is 22.4. The molecule has 1 amide bonds. The molecule has 0 saturated heterocycles. The Morgan fingerprint density at radius 3 is 2.48 bits per heavy atom. The summed E-state index contributed by atoms with van der Waals surface area (Å²) < 4.78 is 53.8. The van der Waals surface area contributed by atoms with E-state index in [0.29, 0.717) is 12.8 Å². The number of aryl methyl sites for hydroxylation is 1. The maximum atomic E-state index is 12.5. The van der Waals surface area contributed by atoms with E-state index in [1.807, 2.05) is 24.3 Å². The standard InChI is InChI=1S/C20H18F2N2O5S2/c21-20(22)31(27,28)14-10-8-13(9-11-14)23-17(25)12-29-19(26)7-3-6-18-24-15-4-1-2-5-16(15)30-18/h1-2,4-5,8-11,20H,3,6-7,12H2,(H,23,25). The lowest BCUT2D eigenvalue weighted by molar-refractivity contribution is -0.147. The van der Waals surface area contributed by atoms with Crippen LogP contribution in [0.1, 0.15) is 17.8 Å². The van der Waals surface area contributed by atoms with Crippen molar-refractivity contribution >= 4 is 49.0 Å². The van der Waals surface area contributed by atoms with Crippen LogP contribution in [-0.2, 0) is 30.6 Å². The maximum absolute atomic E-state index is 12.5. The zero-order valence-corrected chi connectivity index (χ0v) is 17.7. The number of benzene rings is 2. The molecule has 7 nitrogen and oxygen atoms in total. The number of esters is 1. The first kappa shape index (κ1) is 22.8. The number of aromatic nitrogens is 1. The Morgan fingerprint density at radius 2 is 1.81 bits per heavy atom. The molecule has 0 atom stereocenters. The molecule has 1 aromatic heterocycles. The first-order chi connectivity index (χ1) is 14.8. The number of fused-ring (bicyclic) bond motifs is 1. The van der Waals surface area contributed by atoms with Crippen molar-refractivity contribution in [3.8, 4) is 0 Å². The summed E-state index contributed by atoms with van der Waals surface area (Å²) in [4.78, 5) is 27.6. The fourth-order valence-corrected chi connectivity index (χ4v) is 4.39. The minimum absolute atomic E-state index is 0.128. The highest BCUT2D eigenvalue weighted by Gasteiger charge is 2.26. The third-order valence-electron chi connectivity index (χ3n) is 4.18. The van der Waals surface area contributed by atoms with Gasteiger partial charge in [-0.2, -0.15) is 8.78 Å². The maximum Gasteiger partial charge on any atom is 0.341 e. The van der Waals surface area contributed by atoms with E-state index in [-0.39, 0.29) is 12.1 Å². The van der Waals surface area contributed by atoms with Gasteiger partial charge in [-0.25, -0.2) is 13.4 Å². The molecule has 0 aliphatic rings. The third kappa shape index (κ3) is 6.05. The largest absolute Gasteiger partial charge is 0.456 e. The summed E-state index contributed by atoms with van der Waals surface area (Å²) in [5.74, 6) is -4.69. The number of carbonyl (C=O) groups is 2. The third-order valence-corrected chi connectivity index (χ3v) is 6.67. The molecule has 2 aromatic carbocycles. The van der Waals surface area contributed by atoms with E-state index in [1.54, 1.807) is 11.3 Å². The molecule has 0 spiro atoms. The van der Waals surface area contributed by atoms with Crippen molar-refractivity contribution in [1.29, 1.82) is 0 Å². The Hall–Kier alpha value is -2.92. The minimum atomic E-state index is -4.70. The zero-order valence-electron chi connectivity index (χ0n) is 16.1. The van der Waals surface area contributed by atoms with E-state index in [1.165, 1.54) is 12.1 Å². The molecule has 31 heavy (non-hydrogen) atoms. The molecule has 1 heterocycles. The molecule has 0 unspecified atom stereocenters. The van der Waals surface area contributed by atoms with E-state index in [2.05, 4.69) is 10.3 Å². The number of alkyl halides is 2. The molecule has 11 heteroatoms. The van der Waals surface area contributed by atoms with Gasteiger partial charge >= 0.3 is 11.7 Å². The van der Waals surface area contributed by atoms with Gasteiger partial charge in [-0.3, -0.25) is 9.59 Å². The number of sulfone groups is 1. The van der Waals surface area contributed by atoms with Gasteiger partial charge in [0.15, 0.2) is 6.61 Å². The summed E-state index contributed by atoms with van der Waals surface area (Å²) in [5, 5.41) is 3.32. The number of carbonyl (C=O) groups excluding carboxylic acids is 2. The number of nitrogens with one attached hydrogen (secondary N) is 1. The first-order valence-corrected chi connectivity index (χ1v) is 11.5. The van der Waals surface area contributed by atoms with Gasteiger partial charge in [-0.05, 0) is 49.2 Å². The Labute approximate surface area is 181 Å². The number of amides is 1. The van der Waals surface area contributed by atoms with Gasteiger partial charge in [0, 0.05) is 12.1 Å². The number of thiazole rings is 1. The molecule has 0 fully saturated rings. The molecule has 0 bridgehead atoms. The number of hydrogen-bond acceptors (Lipinski definition) is 7. The highest BCUT2D eigenvalue weighted by molar-refractivity contribution is 7.91. The van der Waals surface area contributed by atoms with Crippen LogP contribution in [0.5, 0.6) is 0 Å². The summed E-state index contributed by atoms with van der Waals surface area (Å²) in [6.45, 7) is -0.517. The van der Waals surface area contributed by atoms with Crippen molar-refractivity contribution < 1.29 is 31.5 Å². The molecule has 0 saturated carbocycles. The highest BCUT2D eigenvalue weighted by Crippen LogP contribution is 2.23. The molecular weight excluding hydrogens is 450 g/mol. The van der Waals surface area contributed by atoms with Crippen LogP contribution in [0.4, 0.5) is 14.5 Å². The Balaban J connectivity index is 1.40. The van der Waals surface area contributed by atoms with Crippen LogP contribution in [0.15, 0.2) is 53.4 Å². The number of ether oxygens (including phenoxy) is 1. The van der Waals surface area contributed by atoms with E-state index in [4.69, 9.17) is 4.74 Å². The number of para-hydroxylation sites is 1.